The molecule has 0 saturated heterocycles. The number of halogens is 5. The zero-order valence-corrected chi connectivity index (χ0v) is 9.39. The fraction of sp³-hybridized carbons (Fsp3) is 0. The lowest BCUT2D eigenvalue weighted by atomic mass is 10.2. The van der Waals surface area contributed by atoms with Crippen molar-refractivity contribution in [3.8, 4) is 6.07 Å². The van der Waals surface area contributed by atoms with Gasteiger partial charge in [-0.2, -0.15) is 5.26 Å². The molecule has 9 heteroatoms. The molecule has 0 amide bonds. The highest BCUT2D eigenvalue weighted by Crippen LogP contribution is 2.29. The second kappa shape index (κ2) is 5.08. The standard InChI is InChI=1S/C11H3F5N4/c12-5-6(13)8(15)10(9(16)7(5)14)20-11-4(3-17)18-1-2-19-11/h1-2H,(H,19,20). The zero-order chi connectivity index (χ0) is 14.9. The lowest BCUT2D eigenvalue weighted by molar-refractivity contribution is 0.382. The van der Waals surface area contributed by atoms with Crippen molar-refractivity contribution in [3.63, 3.8) is 0 Å². The molecule has 1 N–H and O–H groups in total. The lowest BCUT2D eigenvalue weighted by Crippen LogP contribution is -2.08. The van der Waals surface area contributed by atoms with Crippen LogP contribution in [0.5, 0.6) is 0 Å². The number of hydrogen-bond donors (Lipinski definition) is 1. The Bertz CT molecular complexity index is 696. The highest BCUT2D eigenvalue weighted by Gasteiger charge is 2.26. The number of nitrogens with zero attached hydrogens (tertiary/aromatic N) is 3. The van der Waals surface area contributed by atoms with Crippen LogP contribution in [0.25, 0.3) is 0 Å². The molecular weight excluding hydrogens is 283 g/mol. The molecule has 0 aliphatic heterocycles. The Kier molecular flexibility index (Phi) is 3.47. The van der Waals surface area contributed by atoms with Gasteiger partial charge in [-0.3, -0.25) is 0 Å². The molecule has 1 heterocycles. The molecule has 0 saturated carbocycles. The van der Waals surface area contributed by atoms with E-state index in [0.29, 0.717) is 0 Å². The summed E-state index contributed by atoms with van der Waals surface area (Å²) in [6.45, 7) is 0. The zero-order valence-electron chi connectivity index (χ0n) is 9.39. The summed E-state index contributed by atoms with van der Waals surface area (Å²) in [5.41, 5.74) is -1.67. The fourth-order valence-electron chi connectivity index (χ4n) is 1.34. The predicted octanol–water partition coefficient (Wildman–Crippen LogP) is 2.79. The van der Waals surface area contributed by atoms with E-state index in [4.69, 9.17) is 5.26 Å². The second-order valence-electron chi connectivity index (χ2n) is 3.44. The summed E-state index contributed by atoms with van der Waals surface area (Å²) in [4.78, 5) is 7.06. The second-order valence-corrected chi connectivity index (χ2v) is 3.44. The Morgan fingerprint density at radius 3 is 1.90 bits per heavy atom. The third-order valence-electron chi connectivity index (χ3n) is 2.26. The van der Waals surface area contributed by atoms with Crippen LogP contribution in [-0.2, 0) is 0 Å². The van der Waals surface area contributed by atoms with E-state index in [1.54, 1.807) is 6.07 Å². The Labute approximate surface area is 108 Å². The van der Waals surface area contributed by atoms with Gasteiger partial charge in [-0.05, 0) is 0 Å². The van der Waals surface area contributed by atoms with Crippen molar-refractivity contribution in [2.45, 2.75) is 0 Å². The molecule has 0 atom stereocenters. The van der Waals surface area contributed by atoms with Gasteiger partial charge in [0.1, 0.15) is 11.8 Å². The van der Waals surface area contributed by atoms with Crippen molar-refractivity contribution in [1.82, 2.24) is 9.97 Å². The molecule has 4 nitrogen and oxygen atoms in total. The maximum absolute atomic E-state index is 13.4. The first-order chi connectivity index (χ1) is 9.47. The quantitative estimate of drug-likeness (QED) is 0.524. The minimum absolute atomic E-state index is 0.364. The van der Waals surface area contributed by atoms with Crippen LogP contribution >= 0.6 is 0 Å². The van der Waals surface area contributed by atoms with Gasteiger partial charge in [0.2, 0.25) is 5.82 Å². The van der Waals surface area contributed by atoms with Crippen molar-refractivity contribution in [2.75, 3.05) is 5.32 Å². The molecule has 0 unspecified atom stereocenters. The first kappa shape index (κ1) is 13.7. The van der Waals surface area contributed by atoms with Crippen LogP contribution in [0.4, 0.5) is 33.5 Å². The average molecular weight is 286 g/mol. The molecule has 2 aromatic rings. The van der Waals surface area contributed by atoms with Gasteiger partial charge in [0.15, 0.2) is 34.8 Å². The molecule has 0 aliphatic rings. The van der Waals surface area contributed by atoms with Crippen molar-refractivity contribution in [2.24, 2.45) is 0 Å². The minimum atomic E-state index is -2.27. The van der Waals surface area contributed by atoms with Crippen LogP contribution in [-0.4, -0.2) is 9.97 Å². The smallest absolute Gasteiger partial charge is 0.200 e. The monoisotopic (exact) mass is 286 g/mol. The maximum Gasteiger partial charge on any atom is 0.200 e. The third kappa shape index (κ3) is 2.11. The van der Waals surface area contributed by atoms with Gasteiger partial charge in [0.25, 0.3) is 0 Å². The van der Waals surface area contributed by atoms with Crippen LogP contribution in [0, 0.1) is 40.4 Å². The number of aromatic nitrogens is 2. The number of hydrogen-bond acceptors (Lipinski definition) is 4. The Balaban J connectivity index is 2.58. The van der Waals surface area contributed by atoms with Crippen molar-refractivity contribution >= 4 is 11.5 Å². The van der Waals surface area contributed by atoms with E-state index in [1.165, 1.54) is 0 Å². The molecule has 1 aromatic heterocycles. The van der Waals surface area contributed by atoms with Gasteiger partial charge in [-0.1, -0.05) is 0 Å². The van der Waals surface area contributed by atoms with Crippen LogP contribution in [0.1, 0.15) is 5.69 Å². The van der Waals surface area contributed by atoms with E-state index in [-0.39, 0.29) is 5.69 Å². The highest BCUT2D eigenvalue weighted by molar-refractivity contribution is 5.62. The number of nitriles is 1. The van der Waals surface area contributed by atoms with E-state index < -0.39 is 40.6 Å². The van der Waals surface area contributed by atoms with Crippen LogP contribution in [0.3, 0.4) is 0 Å². The Morgan fingerprint density at radius 1 is 0.850 bits per heavy atom. The number of benzene rings is 1. The minimum Gasteiger partial charge on any atom is -0.333 e. The van der Waals surface area contributed by atoms with Gasteiger partial charge >= 0.3 is 0 Å². The molecule has 0 spiro atoms. The van der Waals surface area contributed by atoms with E-state index in [1.807, 2.05) is 5.32 Å². The van der Waals surface area contributed by atoms with Gasteiger partial charge in [-0.25, -0.2) is 31.9 Å². The fourth-order valence-corrected chi connectivity index (χ4v) is 1.34. The number of nitrogens with one attached hydrogen (secondary N) is 1. The Hall–Kier alpha value is -2.76. The van der Waals surface area contributed by atoms with Crippen molar-refractivity contribution in [3.05, 3.63) is 47.2 Å². The summed E-state index contributed by atoms with van der Waals surface area (Å²) < 4.78 is 65.6. The summed E-state index contributed by atoms with van der Waals surface area (Å²) in [5, 5.41) is 10.6. The molecule has 1 aromatic carbocycles. The summed E-state index contributed by atoms with van der Waals surface area (Å²) in [5.74, 6) is -11.0. The number of rotatable bonds is 2. The predicted molar refractivity (Wildman–Crippen MR) is 56.3 cm³/mol. The molecule has 102 valence electrons. The lowest BCUT2D eigenvalue weighted by Gasteiger charge is -2.10. The van der Waals surface area contributed by atoms with Gasteiger partial charge in [0.05, 0.1) is 0 Å². The summed E-state index contributed by atoms with van der Waals surface area (Å²) >= 11 is 0. The molecule has 2 rings (SSSR count). The van der Waals surface area contributed by atoms with E-state index in [2.05, 4.69) is 9.97 Å². The summed E-state index contributed by atoms with van der Waals surface area (Å²) in [6.07, 6.45) is 2.21. The normalized spacial score (nSPS) is 10.2. The van der Waals surface area contributed by atoms with Crippen LogP contribution < -0.4 is 5.32 Å². The molecule has 0 radical (unpaired) electrons. The first-order valence-corrected chi connectivity index (χ1v) is 4.97. The summed E-state index contributed by atoms with van der Waals surface area (Å²) in [7, 11) is 0. The van der Waals surface area contributed by atoms with Gasteiger partial charge in [-0.15, -0.1) is 0 Å². The van der Waals surface area contributed by atoms with E-state index >= 15 is 0 Å². The molecule has 20 heavy (non-hydrogen) atoms. The largest absolute Gasteiger partial charge is 0.333 e. The topological polar surface area (TPSA) is 61.6 Å². The molecular formula is C11H3F5N4. The SMILES string of the molecule is N#Cc1nccnc1Nc1c(F)c(F)c(F)c(F)c1F. The van der Waals surface area contributed by atoms with E-state index in [9.17, 15) is 22.0 Å². The van der Waals surface area contributed by atoms with Crippen LogP contribution in [0.15, 0.2) is 12.4 Å². The number of anilines is 2. The van der Waals surface area contributed by atoms with E-state index in [0.717, 1.165) is 12.4 Å². The van der Waals surface area contributed by atoms with Crippen molar-refractivity contribution in [1.29, 1.82) is 5.26 Å². The molecule has 0 fully saturated rings. The Morgan fingerprint density at radius 2 is 1.35 bits per heavy atom. The first-order valence-electron chi connectivity index (χ1n) is 4.97. The van der Waals surface area contributed by atoms with Crippen molar-refractivity contribution < 1.29 is 22.0 Å². The third-order valence-corrected chi connectivity index (χ3v) is 2.26. The van der Waals surface area contributed by atoms with Crippen LogP contribution in [0.2, 0.25) is 0 Å². The molecule has 0 aliphatic carbocycles. The van der Waals surface area contributed by atoms with Gasteiger partial charge in [0, 0.05) is 12.4 Å². The summed E-state index contributed by atoms with van der Waals surface area (Å²) in [6, 6.07) is 1.55. The van der Waals surface area contributed by atoms with Gasteiger partial charge < -0.3 is 5.32 Å². The maximum atomic E-state index is 13.4. The molecule has 0 bridgehead atoms. The highest BCUT2D eigenvalue weighted by atomic mass is 19.2. The average Bonchev–Trinajstić information content (AvgIpc) is 2.48.